The highest BCUT2D eigenvalue weighted by molar-refractivity contribution is 5.98. The number of hydrogen-bond donors (Lipinski definition) is 1. The molecule has 0 saturated heterocycles. The highest BCUT2D eigenvalue weighted by Crippen LogP contribution is 2.25. The van der Waals surface area contributed by atoms with Crippen molar-refractivity contribution in [2.24, 2.45) is 0 Å². The number of nitrogen functional groups attached to an aromatic ring is 1. The highest BCUT2D eigenvalue weighted by Gasteiger charge is 2.17. The summed E-state index contributed by atoms with van der Waals surface area (Å²) >= 11 is 0. The van der Waals surface area contributed by atoms with Crippen LogP contribution in [0.1, 0.15) is 27.0 Å². The molecule has 0 heterocycles. The quantitative estimate of drug-likeness (QED) is 0.692. The first-order valence-corrected chi connectivity index (χ1v) is 6.68. The lowest BCUT2D eigenvalue weighted by Crippen LogP contribution is -2.10. The number of carbonyl (C=O) groups is 1. The Morgan fingerprint density at radius 2 is 1.95 bits per heavy atom. The molecule has 0 aliphatic rings. The molecule has 0 atom stereocenters. The third kappa shape index (κ3) is 3.34. The first-order valence-electron chi connectivity index (χ1n) is 6.68. The van der Waals surface area contributed by atoms with Gasteiger partial charge in [-0.25, -0.2) is 4.79 Å². The zero-order valence-electron chi connectivity index (χ0n) is 12.5. The lowest BCUT2D eigenvalue weighted by Gasteiger charge is -2.12. The van der Waals surface area contributed by atoms with Crippen LogP contribution in [-0.4, -0.2) is 13.1 Å². The maximum atomic E-state index is 12.2. The van der Waals surface area contributed by atoms with Crippen molar-refractivity contribution >= 4 is 11.7 Å². The monoisotopic (exact) mass is 285 g/mol. The summed E-state index contributed by atoms with van der Waals surface area (Å²) in [4.78, 5) is 12.2. The van der Waals surface area contributed by atoms with Gasteiger partial charge in [0.2, 0.25) is 0 Å². The molecule has 0 aliphatic heterocycles. The van der Waals surface area contributed by atoms with Gasteiger partial charge in [-0.15, -0.1) is 0 Å². The minimum atomic E-state index is -0.481. The maximum absolute atomic E-state index is 12.2. The minimum Gasteiger partial charge on any atom is -0.496 e. The van der Waals surface area contributed by atoms with E-state index in [2.05, 4.69) is 0 Å². The van der Waals surface area contributed by atoms with E-state index in [0.717, 1.165) is 16.7 Å². The summed E-state index contributed by atoms with van der Waals surface area (Å²) < 4.78 is 10.5. The van der Waals surface area contributed by atoms with Crippen LogP contribution in [0.25, 0.3) is 0 Å². The van der Waals surface area contributed by atoms with Crippen LogP contribution in [0.15, 0.2) is 36.4 Å². The molecule has 0 saturated carbocycles. The van der Waals surface area contributed by atoms with Gasteiger partial charge in [0, 0.05) is 5.69 Å². The number of esters is 1. The summed E-state index contributed by atoms with van der Waals surface area (Å²) in [5.74, 6) is -0.0631. The van der Waals surface area contributed by atoms with Crippen LogP contribution in [0, 0.1) is 13.8 Å². The minimum absolute atomic E-state index is 0.212. The average Bonchev–Trinajstić information content (AvgIpc) is 2.47. The summed E-state index contributed by atoms with van der Waals surface area (Å²) in [6.07, 6.45) is 0. The summed E-state index contributed by atoms with van der Waals surface area (Å²) in [5, 5.41) is 0. The van der Waals surface area contributed by atoms with Crippen molar-refractivity contribution in [3.8, 4) is 5.75 Å². The van der Waals surface area contributed by atoms with E-state index >= 15 is 0 Å². The van der Waals surface area contributed by atoms with Crippen molar-refractivity contribution in [3.05, 3.63) is 58.7 Å². The molecule has 2 aromatic carbocycles. The van der Waals surface area contributed by atoms with Crippen molar-refractivity contribution < 1.29 is 14.3 Å². The first-order chi connectivity index (χ1) is 10.0. The summed E-state index contributed by atoms with van der Waals surface area (Å²) in [6, 6.07) is 11.1. The average molecular weight is 285 g/mol. The van der Waals surface area contributed by atoms with Crippen molar-refractivity contribution in [1.29, 1.82) is 0 Å². The van der Waals surface area contributed by atoms with Gasteiger partial charge in [-0.05, 0) is 37.1 Å². The van der Waals surface area contributed by atoms with Crippen LogP contribution in [0.3, 0.4) is 0 Å². The SMILES string of the molecule is COc1cccc(N)c1C(=O)OCc1cc(C)ccc1C. The fourth-order valence-electron chi connectivity index (χ4n) is 2.11. The smallest absolute Gasteiger partial charge is 0.344 e. The van der Waals surface area contributed by atoms with E-state index in [1.165, 1.54) is 7.11 Å². The number of methoxy groups -OCH3 is 1. The zero-order chi connectivity index (χ0) is 15.4. The second-order valence-electron chi connectivity index (χ2n) is 4.93. The van der Waals surface area contributed by atoms with Gasteiger partial charge in [0.15, 0.2) is 0 Å². The molecule has 0 fully saturated rings. The predicted octanol–water partition coefficient (Wildman–Crippen LogP) is 3.25. The maximum Gasteiger partial charge on any atom is 0.344 e. The van der Waals surface area contributed by atoms with E-state index in [9.17, 15) is 4.79 Å². The van der Waals surface area contributed by atoms with Crippen molar-refractivity contribution in [2.45, 2.75) is 20.5 Å². The molecule has 0 spiro atoms. The summed E-state index contributed by atoms with van der Waals surface area (Å²) in [5.41, 5.74) is 9.65. The van der Waals surface area contributed by atoms with E-state index < -0.39 is 5.97 Å². The van der Waals surface area contributed by atoms with Gasteiger partial charge in [0.25, 0.3) is 0 Å². The molecule has 2 aromatic rings. The van der Waals surface area contributed by atoms with Crippen molar-refractivity contribution in [3.63, 3.8) is 0 Å². The molecule has 2 rings (SSSR count). The number of nitrogens with two attached hydrogens (primary N) is 1. The third-order valence-corrected chi connectivity index (χ3v) is 3.35. The van der Waals surface area contributed by atoms with Gasteiger partial charge in [0.05, 0.1) is 7.11 Å². The van der Waals surface area contributed by atoms with Crippen LogP contribution >= 0.6 is 0 Å². The fraction of sp³-hybridized carbons (Fsp3) is 0.235. The van der Waals surface area contributed by atoms with Crippen LogP contribution in [0.2, 0.25) is 0 Å². The number of aryl methyl sites for hydroxylation is 2. The molecule has 0 aliphatic carbocycles. The van der Waals surface area contributed by atoms with Gasteiger partial charge in [-0.1, -0.05) is 29.8 Å². The summed E-state index contributed by atoms with van der Waals surface area (Å²) in [6.45, 7) is 4.20. The molecule has 0 unspecified atom stereocenters. The Balaban J connectivity index is 2.17. The van der Waals surface area contributed by atoms with Crippen LogP contribution in [-0.2, 0) is 11.3 Å². The third-order valence-electron chi connectivity index (χ3n) is 3.35. The predicted molar refractivity (Wildman–Crippen MR) is 82.4 cm³/mol. The molecular formula is C17H19NO3. The molecule has 110 valence electrons. The Bertz CT molecular complexity index is 665. The Morgan fingerprint density at radius 1 is 1.19 bits per heavy atom. The molecule has 4 heteroatoms. The van der Waals surface area contributed by atoms with Crippen molar-refractivity contribution in [1.82, 2.24) is 0 Å². The standard InChI is InChI=1S/C17H19NO3/c1-11-7-8-12(2)13(9-11)10-21-17(19)16-14(18)5-4-6-15(16)20-3/h4-9H,10,18H2,1-3H3. The number of benzene rings is 2. The first kappa shape index (κ1) is 14.9. The second-order valence-corrected chi connectivity index (χ2v) is 4.93. The Hall–Kier alpha value is -2.49. The molecule has 2 N–H and O–H groups in total. The van der Waals surface area contributed by atoms with Gasteiger partial charge >= 0.3 is 5.97 Å². The van der Waals surface area contributed by atoms with E-state index in [-0.39, 0.29) is 12.2 Å². The molecule has 0 aromatic heterocycles. The summed E-state index contributed by atoms with van der Waals surface area (Å²) in [7, 11) is 1.50. The largest absolute Gasteiger partial charge is 0.496 e. The zero-order valence-corrected chi connectivity index (χ0v) is 12.5. The number of anilines is 1. The van der Waals surface area contributed by atoms with Crippen molar-refractivity contribution in [2.75, 3.05) is 12.8 Å². The Morgan fingerprint density at radius 3 is 2.67 bits per heavy atom. The van der Waals surface area contributed by atoms with E-state index in [1.54, 1.807) is 18.2 Å². The van der Waals surface area contributed by atoms with Gasteiger partial charge in [0.1, 0.15) is 17.9 Å². The highest BCUT2D eigenvalue weighted by atomic mass is 16.5. The van der Waals surface area contributed by atoms with E-state index in [1.807, 2.05) is 32.0 Å². The molecular weight excluding hydrogens is 266 g/mol. The molecule has 0 amide bonds. The van der Waals surface area contributed by atoms with E-state index in [4.69, 9.17) is 15.2 Å². The van der Waals surface area contributed by atoms with Gasteiger partial charge in [-0.3, -0.25) is 0 Å². The number of carbonyl (C=O) groups excluding carboxylic acids is 1. The molecule has 21 heavy (non-hydrogen) atoms. The molecule has 0 bridgehead atoms. The molecule has 4 nitrogen and oxygen atoms in total. The van der Waals surface area contributed by atoms with E-state index in [0.29, 0.717) is 11.4 Å². The molecule has 0 radical (unpaired) electrons. The lowest BCUT2D eigenvalue weighted by atomic mass is 10.1. The van der Waals surface area contributed by atoms with Crippen LogP contribution in [0.4, 0.5) is 5.69 Å². The Kier molecular flexibility index (Phi) is 4.48. The Labute approximate surface area is 124 Å². The van der Waals surface area contributed by atoms with Crippen LogP contribution < -0.4 is 10.5 Å². The fourth-order valence-corrected chi connectivity index (χ4v) is 2.11. The number of hydrogen-bond acceptors (Lipinski definition) is 4. The number of ether oxygens (including phenoxy) is 2. The van der Waals surface area contributed by atoms with Gasteiger partial charge in [-0.2, -0.15) is 0 Å². The number of rotatable bonds is 4. The normalized spacial score (nSPS) is 10.2. The van der Waals surface area contributed by atoms with Crippen LogP contribution in [0.5, 0.6) is 5.75 Å². The topological polar surface area (TPSA) is 61.5 Å². The van der Waals surface area contributed by atoms with Gasteiger partial charge < -0.3 is 15.2 Å². The lowest BCUT2D eigenvalue weighted by molar-refractivity contribution is 0.0470. The second kappa shape index (κ2) is 6.31.